The van der Waals surface area contributed by atoms with Gasteiger partial charge in [-0.25, -0.2) is 0 Å². The highest BCUT2D eigenvalue weighted by molar-refractivity contribution is 6.09. The third kappa shape index (κ3) is 2.72. The lowest BCUT2D eigenvalue weighted by atomic mass is 10.0. The molecule has 1 heteroatoms. The molecule has 0 aromatic heterocycles. The zero-order chi connectivity index (χ0) is 16.4. The number of rotatable bonds is 3. The van der Waals surface area contributed by atoms with E-state index < -0.39 is 0 Å². The Labute approximate surface area is 140 Å². The summed E-state index contributed by atoms with van der Waals surface area (Å²) >= 11 is 0. The highest BCUT2D eigenvalue weighted by atomic mass is 16.1. The van der Waals surface area contributed by atoms with Crippen molar-refractivity contribution in [1.82, 2.24) is 0 Å². The van der Waals surface area contributed by atoms with Crippen LogP contribution in [0.2, 0.25) is 0 Å². The molecule has 0 unspecified atom stereocenters. The number of carbonyl (C=O) groups excluding carboxylic acids is 1. The van der Waals surface area contributed by atoms with E-state index >= 15 is 0 Å². The summed E-state index contributed by atoms with van der Waals surface area (Å²) < 4.78 is 0. The van der Waals surface area contributed by atoms with Crippen LogP contribution < -0.4 is 0 Å². The van der Waals surface area contributed by atoms with Gasteiger partial charge < -0.3 is 0 Å². The van der Waals surface area contributed by atoms with Crippen LogP contribution in [0.1, 0.15) is 15.9 Å². The number of ketones is 1. The van der Waals surface area contributed by atoms with E-state index in [1.54, 1.807) is 6.08 Å². The average Bonchev–Trinajstić information content (AvgIpc) is 2.65. The summed E-state index contributed by atoms with van der Waals surface area (Å²) in [5.41, 5.74) is 1.77. The van der Waals surface area contributed by atoms with Crippen molar-refractivity contribution in [2.24, 2.45) is 0 Å². The predicted octanol–water partition coefficient (Wildman–Crippen LogP) is 5.89. The molecular weight excluding hydrogens is 292 g/mol. The molecule has 114 valence electrons. The molecule has 0 N–H and O–H groups in total. The van der Waals surface area contributed by atoms with Gasteiger partial charge in [-0.05, 0) is 39.3 Å². The number of benzene rings is 4. The Morgan fingerprint density at radius 1 is 0.667 bits per heavy atom. The average molecular weight is 308 g/mol. The molecule has 0 bridgehead atoms. The van der Waals surface area contributed by atoms with E-state index in [0.29, 0.717) is 5.56 Å². The zero-order valence-electron chi connectivity index (χ0n) is 13.1. The summed E-state index contributed by atoms with van der Waals surface area (Å²) in [5.74, 6) is 0.0219. The van der Waals surface area contributed by atoms with Crippen LogP contribution in [0.25, 0.3) is 27.6 Å². The Morgan fingerprint density at radius 3 is 2.25 bits per heavy atom. The van der Waals surface area contributed by atoms with Crippen LogP contribution in [-0.2, 0) is 0 Å². The maximum atomic E-state index is 12.5. The Morgan fingerprint density at radius 2 is 1.38 bits per heavy atom. The van der Waals surface area contributed by atoms with E-state index in [0.717, 1.165) is 21.7 Å². The quantitative estimate of drug-likeness (QED) is 0.341. The van der Waals surface area contributed by atoms with Crippen molar-refractivity contribution in [1.29, 1.82) is 0 Å². The van der Waals surface area contributed by atoms with Gasteiger partial charge in [-0.3, -0.25) is 4.79 Å². The molecule has 4 rings (SSSR count). The minimum atomic E-state index is 0.0219. The van der Waals surface area contributed by atoms with Crippen molar-refractivity contribution in [3.8, 4) is 0 Å². The van der Waals surface area contributed by atoms with Gasteiger partial charge in [0.15, 0.2) is 5.78 Å². The van der Waals surface area contributed by atoms with Gasteiger partial charge in [0.1, 0.15) is 0 Å². The summed E-state index contributed by atoms with van der Waals surface area (Å²) in [6.07, 6.45) is 3.56. The second kappa shape index (κ2) is 6.13. The molecule has 4 aromatic carbocycles. The van der Waals surface area contributed by atoms with E-state index in [1.807, 2.05) is 66.7 Å². The zero-order valence-corrected chi connectivity index (χ0v) is 13.1. The standard InChI is InChI=1S/C23H16O/c24-23(21-13-12-17-6-1-2-8-20(17)16-21)15-14-19-10-5-9-18-7-3-4-11-22(18)19/h1-16H/b15-14-. The molecule has 0 aliphatic rings. The van der Waals surface area contributed by atoms with E-state index in [4.69, 9.17) is 0 Å². The molecule has 0 atom stereocenters. The first-order valence-corrected chi connectivity index (χ1v) is 8.00. The normalized spacial score (nSPS) is 11.3. The van der Waals surface area contributed by atoms with Crippen molar-refractivity contribution < 1.29 is 4.79 Å². The third-order valence-electron chi connectivity index (χ3n) is 4.27. The van der Waals surface area contributed by atoms with Crippen molar-refractivity contribution in [3.05, 3.63) is 102 Å². The number of hydrogen-bond donors (Lipinski definition) is 0. The lowest BCUT2D eigenvalue weighted by Crippen LogP contribution is -1.93. The Balaban J connectivity index is 1.68. The molecule has 0 heterocycles. The Kier molecular flexibility index (Phi) is 3.68. The minimum absolute atomic E-state index is 0.0219. The van der Waals surface area contributed by atoms with Gasteiger partial charge >= 0.3 is 0 Å². The summed E-state index contributed by atoms with van der Waals surface area (Å²) in [6.45, 7) is 0. The molecule has 0 saturated carbocycles. The molecule has 4 aromatic rings. The molecule has 0 amide bonds. The molecule has 0 saturated heterocycles. The van der Waals surface area contributed by atoms with Gasteiger partial charge in [-0.15, -0.1) is 0 Å². The van der Waals surface area contributed by atoms with Gasteiger partial charge in [0.25, 0.3) is 0 Å². The first-order chi connectivity index (χ1) is 11.8. The largest absolute Gasteiger partial charge is 0.289 e. The highest BCUT2D eigenvalue weighted by Gasteiger charge is 2.04. The van der Waals surface area contributed by atoms with Crippen LogP contribution in [0.15, 0.2) is 91.0 Å². The lowest BCUT2D eigenvalue weighted by Gasteiger charge is -2.02. The van der Waals surface area contributed by atoms with Gasteiger partial charge in [0.2, 0.25) is 0 Å². The molecule has 1 nitrogen and oxygen atoms in total. The smallest absolute Gasteiger partial charge is 0.185 e. The summed E-state index contributed by atoms with van der Waals surface area (Å²) in [7, 11) is 0. The van der Waals surface area contributed by atoms with Gasteiger partial charge in [-0.2, -0.15) is 0 Å². The number of fused-ring (bicyclic) bond motifs is 2. The number of hydrogen-bond acceptors (Lipinski definition) is 1. The second-order valence-corrected chi connectivity index (χ2v) is 5.83. The van der Waals surface area contributed by atoms with Crippen molar-refractivity contribution >= 4 is 33.4 Å². The number of carbonyl (C=O) groups is 1. The molecule has 0 radical (unpaired) electrons. The van der Waals surface area contributed by atoms with E-state index in [9.17, 15) is 4.79 Å². The van der Waals surface area contributed by atoms with Gasteiger partial charge in [0, 0.05) is 5.56 Å². The van der Waals surface area contributed by atoms with Crippen LogP contribution in [0.4, 0.5) is 0 Å². The Hall–Kier alpha value is -3.19. The maximum Gasteiger partial charge on any atom is 0.185 e. The summed E-state index contributed by atoms with van der Waals surface area (Å²) in [5, 5.41) is 4.56. The fraction of sp³-hybridized carbons (Fsp3) is 0. The van der Waals surface area contributed by atoms with Crippen molar-refractivity contribution in [2.75, 3.05) is 0 Å². The molecule has 24 heavy (non-hydrogen) atoms. The SMILES string of the molecule is O=C(/C=C\c1cccc2ccccc12)c1ccc2ccccc2c1. The van der Waals surface area contributed by atoms with E-state index in [1.165, 1.54) is 5.39 Å². The minimum Gasteiger partial charge on any atom is -0.289 e. The van der Waals surface area contributed by atoms with E-state index in [2.05, 4.69) is 24.3 Å². The van der Waals surface area contributed by atoms with Crippen LogP contribution in [0, 0.1) is 0 Å². The molecule has 0 aliphatic carbocycles. The second-order valence-electron chi connectivity index (χ2n) is 5.83. The fourth-order valence-electron chi connectivity index (χ4n) is 3.00. The molecule has 0 fully saturated rings. The summed E-state index contributed by atoms with van der Waals surface area (Å²) in [4.78, 5) is 12.5. The summed E-state index contributed by atoms with van der Waals surface area (Å²) in [6, 6.07) is 28.2. The van der Waals surface area contributed by atoms with Crippen LogP contribution in [0.3, 0.4) is 0 Å². The Bertz CT molecular complexity index is 1070. The van der Waals surface area contributed by atoms with Crippen LogP contribution in [0.5, 0.6) is 0 Å². The maximum absolute atomic E-state index is 12.5. The topological polar surface area (TPSA) is 17.1 Å². The third-order valence-corrected chi connectivity index (χ3v) is 4.27. The number of allylic oxidation sites excluding steroid dienone is 1. The van der Waals surface area contributed by atoms with Crippen LogP contribution in [-0.4, -0.2) is 5.78 Å². The fourth-order valence-corrected chi connectivity index (χ4v) is 3.00. The van der Waals surface area contributed by atoms with Gasteiger partial charge in [0.05, 0.1) is 0 Å². The molecule has 0 aliphatic heterocycles. The van der Waals surface area contributed by atoms with Crippen molar-refractivity contribution in [3.63, 3.8) is 0 Å². The first kappa shape index (κ1) is 14.4. The lowest BCUT2D eigenvalue weighted by molar-refractivity contribution is 0.104. The van der Waals surface area contributed by atoms with E-state index in [-0.39, 0.29) is 5.78 Å². The molecule has 0 spiro atoms. The van der Waals surface area contributed by atoms with Crippen molar-refractivity contribution in [2.45, 2.75) is 0 Å². The first-order valence-electron chi connectivity index (χ1n) is 8.00. The monoisotopic (exact) mass is 308 g/mol. The van der Waals surface area contributed by atoms with Crippen LogP contribution >= 0.6 is 0 Å². The highest BCUT2D eigenvalue weighted by Crippen LogP contribution is 2.20. The predicted molar refractivity (Wildman–Crippen MR) is 101 cm³/mol. The van der Waals surface area contributed by atoms with Gasteiger partial charge in [-0.1, -0.05) is 84.9 Å². The molecular formula is C23H16O.